The molecular formula is C27H35FN2O. The molecule has 1 aliphatic rings. The summed E-state index contributed by atoms with van der Waals surface area (Å²) in [6.45, 7) is 17.9. The summed E-state index contributed by atoms with van der Waals surface area (Å²) in [4.78, 5) is 4.88. The Morgan fingerprint density at radius 1 is 1.23 bits per heavy atom. The maximum Gasteiger partial charge on any atom is 0.190 e. The van der Waals surface area contributed by atoms with E-state index < -0.39 is 18.6 Å². The molecule has 166 valence electrons. The summed E-state index contributed by atoms with van der Waals surface area (Å²) in [5.74, 6) is -0.464. The van der Waals surface area contributed by atoms with Crippen molar-refractivity contribution in [2.45, 2.75) is 72.6 Å². The van der Waals surface area contributed by atoms with Crippen molar-refractivity contribution >= 4 is 5.69 Å². The molecule has 1 heterocycles. The molecule has 0 bridgehead atoms. The van der Waals surface area contributed by atoms with Gasteiger partial charge in [0.25, 0.3) is 0 Å². The smallest absolute Gasteiger partial charge is 0.190 e. The Hall–Kier alpha value is -2.22. The molecule has 0 aliphatic carbocycles. The van der Waals surface area contributed by atoms with Gasteiger partial charge in [0.15, 0.2) is 5.69 Å². The monoisotopic (exact) mass is 426 g/mol. The molecule has 0 fully saturated rings. The first-order chi connectivity index (χ1) is 16.0. The summed E-state index contributed by atoms with van der Waals surface area (Å²) in [6.07, 6.45) is 0.143. The summed E-state index contributed by atoms with van der Waals surface area (Å²) >= 11 is 0. The molecule has 31 heavy (non-hydrogen) atoms. The highest BCUT2D eigenvalue weighted by atomic mass is 19.1. The fourth-order valence-electron chi connectivity index (χ4n) is 4.70. The van der Waals surface area contributed by atoms with Crippen LogP contribution in [-0.4, -0.2) is 24.4 Å². The summed E-state index contributed by atoms with van der Waals surface area (Å²) in [6, 6.07) is 5.80. The molecular weight excluding hydrogens is 387 g/mol. The lowest BCUT2D eigenvalue weighted by molar-refractivity contribution is -0.0567. The maximum absolute atomic E-state index is 14.4. The van der Waals surface area contributed by atoms with Gasteiger partial charge in [0.2, 0.25) is 0 Å². The second-order valence-corrected chi connectivity index (χ2v) is 9.14. The van der Waals surface area contributed by atoms with Gasteiger partial charge >= 0.3 is 0 Å². The molecule has 2 aromatic rings. The minimum atomic E-state index is -2.42. The quantitative estimate of drug-likeness (QED) is 0.462. The summed E-state index contributed by atoms with van der Waals surface area (Å²) in [7, 11) is 0. The van der Waals surface area contributed by atoms with E-state index in [-0.39, 0.29) is 24.4 Å². The van der Waals surface area contributed by atoms with E-state index in [1.54, 1.807) is 26.8 Å². The molecule has 0 spiro atoms. The molecule has 3 nitrogen and oxygen atoms in total. The molecule has 1 aliphatic heterocycles. The van der Waals surface area contributed by atoms with Gasteiger partial charge in [0, 0.05) is 18.0 Å². The third-order valence-electron chi connectivity index (χ3n) is 6.57. The predicted molar refractivity (Wildman–Crippen MR) is 125 cm³/mol. The van der Waals surface area contributed by atoms with Gasteiger partial charge in [0.1, 0.15) is 11.4 Å². The normalized spacial score (nSPS) is 24.1. The van der Waals surface area contributed by atoms with Crippen LogP contribution in [0.25, 0.3) is 4.85 Å². The Labute approximate surface area is 192 Å². The zero-order chi connectivity index (χ0) is 26.5. The Bertz CT molecular complexity index is 1150. The molecule has 0 amide bonds. The first kappa shape index (κ1) is 18.4. The van der Waals surface area contributed by atoms with Gasteiger partial charge < -0.3 is 9.64 Å². The second kappa shape index (κ2) is 8.73. The molecule has 3 rings (SSSR count). The van der Waals surface area contributed by atoms with Crippen LogP contribution in [-0.2, 0) is 10.3 Å². The highest BCUT2D eigenvalue weighted by Crippen LogP contribution is 2.53. The zero-order valence-corrected chi connectivity index (χ0v) is 19.6. The van der Waals surface area contributed by atoms with E-state index in [2.05, 4.69) is 4.85 Å². The van der Waals surface area contributed by atoms with Crippen LogP contribution in [0.4, 0.5) is 10.1 Å². The van der Waals surface area contributed by atoms with Crippen molar-refractivity contribution in [3.8, 4) is 0 Å². The predicted octanol–water partition coefficient (Wildman–Crippen LogP) is 7.00. The largest absolute Gasteiger partial charge is 0.358 e. The molecule has 2 aromatic carbocycles. The number of hydrogen-bond acceptors (Lipinski definition) is 2. The fraction of sp³-hybridized carbons (Fsp3) is 0.519. The van der Waals surface area contributed by atoms with Crippen LogP contribution < -0.4 is 0 Å². The van der Waals surface area contributed by atoms with E-state index in [0.717, 1.165) is 27.8 Å². The van der Waals surface area contributed by atoms with Gasteiger partial charge in [-0.05, 0) is 100 Å². The van der Waals surface area contributed by atoms with Crippen molar-refractivity contribution in [1.82, 2.24) is 4.90 Å². The number of fused-ring (bicyclic) bond motifs is 1. The number of aryl methyl sites for hydroxylation is 1. The van der Waals surface area contributed by atoms with Crippen molar-refractivity contribution in [3.05, 3.63) is 74.9 Å². The number of benzene rings is 2. The highest BCUT2D eigenvalue weighted by Gasteiger charge is 2.47. The molecule has 4 heteroatoms. The SMILES string of the molecule is [2H]C([2H])([2H])N(CC(C)C[C@@]1(c2ccc(F)c(C)c2C)OC(C)c2cc([N+]#[C-])c(C)cc21)C([2H])(C)C. The van der Waals surface area contributed by atoms with Gasteiger partial charge in [-0.3, -0.25) is 0 Å². The zero-order valence-electron chi connectivity index (χ0n) is 23.6. The lowest BCUT2D eigenvalue weighted by atomic mass is 9.76. The minimum Gasteiger partial charge on any atom is -0.358 e. The lowest BCUT2D eigenvalue weighted by Crippen LogP contribution is -2.36. The molecule has 0 saturated heterocycles. The maximum atomic E-state index is 14.4. The average Bonchev–Trinajstić information content (AvgIpc) is 2.99. The van der Waals surface area contributed by atoms with Crippen LogP contribution in [0.5, 0.6) is 0 Å². The third-order valence-corrected chi connectivity index (χ3v) is 6.57. The number of ether oxygens (including phenoxy) is 1. The Morgan fingerprint density at radius 3 is 2.55 bits per heavy atom. The molecule has 3 atom stereocenters. The summed E-state index contributed by atoms with van der Waals surface area (Å²) in [5, 5.41) is 0. The highest BCUT2D eigenvalue weighted by molar-refractivity contribution is 5.61. The van der Waals surface area contributed by atoms with E-state index in [0.29, 0.717) is 17.7 Å². The standard InChI is InChI=1S/C27H35FN2O/c1-16(2)30(9)15-17(3)14-27(23-10-11-25(28)20(6)19(23)5)24-12-18(4)26(29-8)13-22(24)21(7)31-27/h10-13,16-17,21H,14-15H2,1-7,9H3/t17?,21?,27-/m0/s1/i9D3,16D. The van der Waals surface area contributed by atoms with Gasteiger partial charge in [0.05, 0.1) is 12.7 Å². The van der Waals surface area contributed by atoms with Gasteiger partial charge in [-0.2, -0.15) is 0 Å². The van der Waals surface area contributed by atoms with E-state index in [4.69, 9.17) is 16.8 Å². The Kier molecular flexibility index (Phi) is 5.17. The van der Waals surface area contributed by atoms with Gasteiger partial charge in [-0.25, -0.2) is 9.24 Å². The van der Waals surface area contributed by atoms with E-state index in [1.807, 2.05) is 39.8 Å². The molecule has 2 unspecified atom stereocenters. The van der Waals surface area contributed by atoms with Gasteiger partial charge in [-0.1, -0.05) is 25.1 Å². The van der Waals surface area contributed by atoms with Crippen LogP contribution in [0.1, 0.15) is 79.1 Å². The molecule has 0 saturated carbocycles. The molecule has 0 radical (unpaired) electrons. The van der Waals surface area contributed by atoms with Crippen LogP contribution >= 0.6 is 0 Å². The second-order valence-electron chi connectivity index (χ2n) is 9.14. The van der Waals surface area contributed by atoms with Crippen molar-refractivity contribution in [3.63, 3.8) is 0 Å². The Morgan fingerprint density at radius 2 is 1.94 bits per heavy atom. The molecule has 0 N–H and O–H groups in total. The lowest BCUT2D eigenvalue weighted by Gasteiger charge is -2.37. The topological polar surface area (TPSA) is 16.8 Å². The number of hydrogen-bond donors (Lipinski definition) is 0. The number of nitrogens with zero attached hydrogens (tertiary/aromatic N) is 2. The van der Waals surface area contributed by atoms with Crippen molar-refractivity contribution in [2.24, 2.45) is 5.92 Å². The first-order valence-corrected chi connectivity index (χ1v) is 10.8. The Balaban J connectivity index is 2.19. The third kappa shape index (κ3) is 4.14. The number of halogens is 1. The van der Waals surface area contributed by atoms with Crippen LogP contribution in [0, 0.1) is 39.1 Å². The van der Waals surface area contributed by atoms with Crippen molar-refractivity contribution in [2.75, 3.05) is 13.5 Å². The average molecular weight is 427 g/mol. The van der Waals surface area contributed by atoms with E-state index >= 15 is 0 Å². The van der Waals surface area contributed by atoms with E-state index in [9.17, 15) is 4.39 Å². The van der Waals surface area contributed by atoms with Crippen LogP contribution in [0.2, 0.25) is 0 Å². The van der Waals surface area contributed by atoms with E-state index in [1.165, 1.54) is 11.0 Å². The van der Waals surface area contributed by atoms with Crippen LogP contribution in [0.15, 0.2) is 24.3 Å². The molecule has 0 aromatic heterocycles. The van der Waals surface area contributed by atoms with Crippen LogP contribution in [0.3, 0.4) is 0 Å². The van der Waals surface area contributed by atoms with Crippen molar-refractivity contribution < 1.29 is 14.6 Å². The summed E-state index contributed by atoms with van der Waals surface area (Å²) in [5.41, 5.74) is 4.50. The minimum absolute atomic E-state index is 0.167. The fourth-order valence-corrected chi connectivity index (χ4v) is 4.70. The van der Waals surface area contributed by atoms with Crippen molar-refractivity contribution in [1.29, 1.82) is 0 Å². The number of rotatable bonds is 6. The first-order valence-electron chi connectivity index (χ1n) is 12.8. The summed E-state index contributed by atoms with van der Waals surface area (Å²) < 4.78 is 53.5. The van der Waals surface area contributed by atoms with Gasteiger partial charge in [-0.15, -0.1) is 0 Å².